The SMILES string of the molecule is Cc1cc(Cl)cc2c1NC(=O)C21NC(Cc2ccc(O)c(O)c2)C2C(=O)N(CC3CCCO3)C(=O)C21. The van der Waals surface area contributed by atoms with Gasteiger partial charge in [0.05, 0.1) is 24.5 Å². The number of benzene rings is 2. The van der Waals surface area contributed by atoms with Gasteiger partial charge in [0.2, 0.25) is 17.7 Å². The molecule has 5 atom stereocenters. The lowest BCUT2D eigenvalue weighted by atomic mass is 9.76. The minimum Gasteiger partial charge on any atom is -0.504 e. The summed E-state index contributed by atoms with van der Waals surface area (Å²) in [5.41, 5.74) is 1.11. The van der Waals surface area contributed by atoms with Gasteiger partial charge < -0.3 is 20.3 Å². The van der Waals surface area contributed by atoms with Crippen molar-refractivity contribution in [3.05, 3.63) is 52.0 Å². The lowest BCUT2D eigenvalue weighted by Gasteiger charge is -2.30. The van der Waals surface area contributed by atoms with Gasteiger partial charge in [0.1, 0.15) is 5.54 Å². The molecular formula is C26H26ClN3O6. The number of nitrogens with one attached hydrogen (secondary N) is 2. The van der Waals surface area contributed by atoms with E-state index in [1.54, 1.807) is 18.2 Å². The molecule has 6 rings (SSSR count). The molecule has 0 aliphatic carbocycles. The summed E-state index contributed by atoms with van der Waals surface area (Å²) in [6.07, 6.45) is 1.68. The van der Waals surface area contributed by atoms with E-state index >= 15 is 0 Å². The normalized spacial score (nSPS) is 30.8. The summed E-state index contributed by atoms with van der Waals surface area (Å²) in [6.45, 7) is 2.59. The molecule has 10 heteroatoms. The number of phenolic OH excluding ortho intramolecular Hbond substituents is 2. The highest BCUT2D eigenvalue weighted by Crippen LogP contribution is 2.54. The van der Waals surface area contributed by atoms with Crippen LogP contribution in [-0.4, -0.2) is 58.1 Å². The molecule has 2 aromatic rings. The number of fused-ring (bicyclic) bond motifs is 4. The molecular weight excluding hydrogens is 486 g/mol. The molecule has 9 nitrogen and oxygen atoms in total. The summed E-state index contributed by atoms with van der Waals surface area (Å²) >= 11 is 6.39. The number of nitrogens with zero attached hydrogens (tertiary/aromatic N) is 1. The average molecular weight is 512 g/mol. The first kappa shape index (κ1) is 23.3. The largest absolute Gasteiger partial charge is 0.504 e. The highest BCUT2D eigenvalue weighted by Gasteiger charge is 2.70. The first-order chi connectivity index (χ1) is 17.2. The number of hydrogen-bond donors (Lipinski definition) is 4. The predicted octanol–water partition coefficient (Wildman–Crippen LogP) is 2.20. The number of anilines is 1. The third kappa shape index (κ3) is 3.26. The van der Waals surface area contributed by atoms with E-state index in [2.05, 4.69) is 10.6 Å². The van der Waals surface area contributed by atoms with Gasteiger partial charge in [-0.3, -0.25) is 24.6 Å². The van der Waals surface area contributed by atoms with Crippen LogP contribution in [0.4, 0.5) is 5.69 Å². The van der Waals surface area contributed by atoms with E-state index < -0.39 is 35.2 Å². The van der Waals surface area contributed by atoms with E-state index in [4.69, 9.17) is 16.3 Å². The van der Waals surface area contributed by atoms with Crippen LogP contribution in [0.25, 0.3) is 0 Å². The van der Waals surface area contributed by atoms with Crippen molar-refractivity contribution < 1.29 is 29.3 Å². The average Bonchev–Trinajstić information content (AvgIpc) is 3.57. The number of carbonyl (C=O) groups is 3. The molecule has 0 aromatic heterocycles. The Labute approximate surface area is 212 Å². The van der Waals surface area contributed by atoms with Gasteiger partial charge >= 0.3 is 0 Å². The summed E-state index contributed by atoms with van der Waals surface area (Å²) in [7, 11) is 0. The van der Waals surface area contributed by atoms with E-state index in [1.807, 2.05) is 6.92 Å². The number of halogens is 1. The van der Waals surface area contributed by atoms with Gasteiger partial charge in [0.25, 0.3) is 0 Å². The zero-order valence-electron chi connectivity index (χ0n) is 19.6. The van der Waals surface area contributed by atoms with Crippen molar-refractivity contribution in [2.75, 3.05) is 18.5 Å². The fourth-order valence-electron chi connectivity index (χ4n) is 6.39. The third-order valence-corrected chi connectivity index (χ3v) is 8.20. The monoisotopic (exact) mass is 511 g/mol. The molecule has 1 spiro atoms. The summed E-state index contributed by atoms with van der Waals surface area (Å²) in [5, 5.41) is 26.4. The van der Waals surface area contributed by atoms with Crippen molar-refractivity contribution in [2.45, 2.75) is 43.9 Å². The number of aryl methyl sites for hydroxylation is 1. The fraction of sp³-hybridized carbons (Fsp3) is 0.423. The predicted molar refractivity (Wildman–Crippen MR) is 130 cm³/mol. The summed E-state index contributed by atoms with van der Waals surface area (Å²) in [5.74, 6) is -3.42. The molecule has 2 aromatic carbocycles. The van der Waals surface area contributed by atoms with Crippen LogP contribution < -0.4 is 10.6 Å². The maximum absolute atomic E-state index is 13.9. The second-order valence-corrected chi connectivity index (χ2v) is 10.5. The van der Waals surface area contributed by atoms with E-state index in [-0.39, 0.29) is 36.5 Å². The molecule has 4 aliphatic rings. The highest BCUT2D eigenvalue weighted by atomic mass is 35.5. The molecule has 3 fully saturated rings. The van der Waals surface area contributed by atoms with Crippen LogP contribution in [-0.2, 0) is 31.1 Å². The molecule has 0 bridgehead atoms. The fourth-order valence-corrected chi connectivity index (χ4v) is 6.66. The standard InChI is InChI=1S/C26H26ClN3O6/c1-12-7-14(27)10-16-22(12)28-25(35)26(16)21-20(17(29-26)8-13-4-5-18(31)19(32)9-13)23(33)30(24(21)34)11-15-3-2-6-36-15/h4-5,7,9-10,15,17,20-21,29,31-32H,2-3,6,8,11H2,1H3,(H,28,35). The molecule has 188 valence electrons. The smallest absolute Gasteiger partial charge is 0.250 e. The van der Waals surface area contributed by atoms with Gasteiger partial charge in [-0.05, 0) is 61.6 Å². The number of carbonyl (C=O) groups excluding carboxylic acids is 3. The van der Waals surface area contributed by atoms with Crippen LogP contribution in [0.2, 0.25) is 5.02 Å². The second-order valence-electron chi connectivity index (χ2n) is 10.1. The van der Waals surface area contributed by atoms with Gasteiger partial charge in [-0.1, -0.05) is 17.7 Å². The van der Waals surface area contributed by atoms with Crippen molar-refractivity contribution in [2.24, 2.45) is 11.8 Å². The highest BCUT2D eigenvalue weighted by molar-refractivity contribution is 6.31. The van der Waals surface area contributed by atoms with E-state index in [0.717, 1.165) is 18.4 Å². The Kier molecular flexibility index (Phi) is 5.30. The number of rotatable bonds is 4. The van der Waals surface area contributed by atoms with Gasteiger partial charge in [0, 0.05) is 28.9 Å². The molecule has 3 amide bonds. The van der Waals surface area contributed by atoms with E-state index in [1.165, 1.54) is 17.0 Å². The number of aromatic hydroxyl groups is 2. The number of likely N-dealkylation sites (tertiary alicyclic amines) is 1. The van der Waals surface area contributed by atoms with Crippen LogP contribution >= 0.6 is 11.6 Å². The lowest BCUT2D eigenvalue weighted by molar-refractivity contribution is -0.144. The lowest BCUT2D eigenvalue weighted by Crippen LogP contribution is -2.54. The number of hydrogen-bond acceptors (Lipinski definition) is 7. The van der Waals surface area contributed by atoms with Crippen LogP contribution in [0.15, 0.2) is 30.3 Å². The van der Waals surface area contributed by atoms with Crippen molar-refractivity contribution in [1.29, 1.82) is 0 Å². The Bertz CT molecular complexity index is 1310. The van der Waals surface area contributed by atoms with Crippen LogP contribution in [0, 0.1) is 18.8 Å². The summed E-state index contributed by atoms with van der Waals surface area (Å²) in [6, 6.07) is 7.28. The summed E-state index contributed by atoms with van der Waals surface area (Å²) < 4.78 is 5.70. The number of amides is 3. The Morgan fingerprint density at radius 1 is 1.14 bits per heavy atom. The van der Waals surface area contributed by atoms with Gasteiger partial charge in [0.15, 0.2) is 11.5 Å². The Morgan fingerprint density at radius 2 is 1.94 bits per heavy atom. The van der Waals surface area contributed by atoms with E-state index in [9.17, 15) is 24.6 Å². The molecule has 0 radical (unpaired) electrons. The second kappa shape index (κ2) is 8.19. The van der Waals surface area contributed by atoms with Crippen LogP contribution in [0.1, 0.15) is 29.5 Å². The minimum absolute atomic E-state index is 0.163. The number of phenols is 2. The van der Waals surface area contributed by atoms with Crippen LogP contribution in [0.3, 0.4) is 0 Å². The molecule has 4 heterocycles. The molecule has 3 saturated heterocycles. The van der Waals surface area contributed by atoms with Crippen molar-refractivity contribution in [3.8, 4) is 11.5 Å². The molecule has 4 aliphatic heterocycles. The van der Waals surface area contributed by atoms with Gasteiger partial charge in [-0.25, -0.2) is 0 Å². The summed E-state index contributed by atoms with van der Waals surface area (Å²) in [4.78, 5) is 42.6. The van der Waals surface area contributed by atoms with E-state index in [0.29, 0.717) is 28.4 Å². The third-order valence-electron chi connectivity index (χ3n) is 7.98. The van der Waals surface area contributed by atoms with Crippen molar-refractivity contribution in [3.63, 3.8) is 0 Å². The zero-order valence-corrected chi connectivity index (χ0v) is 20.3. The Morgan fingerprint density at radius 3 is 2.67 bits per heavy atom. The van der Waals surface area contributed by atoms with Crippen molar-refractivity contribution >= 4 is 35.0 Å². The number of ether oxygens (including phenoxy) is 1. The maximum Gasteiger partial charge on any atom is 0.250 e. The van der Waals surface area contributed by atoms with Crippen LogP contribution in [0.5, 0.6) is 11.5 Å². The number of imide groups is 1. The topological polar surface area (TPSA) is 128 Å². The van der Waals surface area contributed by atoms with Gasteiger partial charge in [-0.15, -0.1) is 0 Å². The first-order valence-electron chi connectivity index (χ1n) is 12.1. The first-order valence-corrected chi connectivity index (χ1v) is 12.5. The zero-order chi connectivity index (χ0) is 25.4. The molecule has 0 saturated carbocycles. The molecule has 36 heavy (non-hydrogen) atoms. The van der Waals surface area contributed by atoms with Gasteiger partial charge in [-0.2, -0.15) is 0 Å². The Balaban J connectivity index is 1.45. The quantitative estimate of drug-likeness (QED) is 0.366. The molecule has 5 unspecified atom stereocenters. The Hall–Kier alpha value is -3.14. The molecule has 4 N–H and O–H groups in total. The van der Waals surface area contributed by atoms with Crippen molar-refractivity contribution in [1.82, 2.24) is 10.2 Å². The maximum atomic E-state index is 13.9. The minimum atomic E-state index is -1.46.